The van der Waals surface area contributed by atoms with E-state index in [-0.39, 0.29) is 6.61 Å². The van der Waals surface area contributed by atoms with E-state index in [0.29, 0.717) is 29.5 Å². The van der Waals surface area contributed by atoms with Gasteiger partial charge in [0, 0.05) is 11.8 Å². The number of hydrogen-bond donors (Lipinski definition) is 1. The molecule has 0 radical (unpaired) electrons. The maximum atomic E-state index is 11.9. The number of rotatable bonds is 10. The Bertz CT molecular complexity index is 988. The number of methoxy groups -OCH3 is 1. The highest BCUT2D eigenvalue weighted by atomic mass is 16.6. The molecule has 7 heteroatoms. The van der Waals surface area contributed by atoms with Gasteiger partial charge in [0.2, 0.25) is 0 Å². The monoisotopic (exact) mass is 421 g/mol. The molecule has 0 saturated carbocycles. The Kier molecular flexibility index (Phi) is 7.88. The molecule has 0 saturated heterocycles. The quantitative estimate of drug-likeness (QED) is 0.501. The summed E-state index contributed by atoms with van der Waals surface area (Å²) < 4.78 is 21.1. The number of esters is 1. The van der Waals surface area contributed by atoms with E-state index in [1.807, 2.05) is 30.3 Å². The summed E-state index contributed by atoms with van der Waals surface area (Å²) in [5.41, 5.74) is 1.62. The van der Waals surface area contributed by atoms with Crippen LogP contribution in [0.25, 0.3) is 0 Å². The van der Waals surface area contributed by atoms with Crippen LogP contribution in [0.1, 0.15) is 5.56 Å². The second-order valence-electron chi connectivity index (χ2n) is 6.48. The minimum Gasteiger partial charge on any atom is -0.497 e. The van der Waals surface area contributed by atoms with E-state index in [1.165, 1.54) is 7.11 Å². The average molecular weight is 421 g/mol. The molecular formula is C24H23NO6. The normalized spacial score (nSPS) is 10.1. The highest BCUT2D eigenvalue weighted by Gasteiger charge is 2.09. The molecule has 0 unspecified atom stereocenters. The molecule has 160 valence electrons. The topological polar surface area (TPSA) is 83.1 Å². The molecule has 1 N–H and O–H groups in total. The second-order valence-corrected chi connectivity index (χ2v) is 6.48. The number of anilines is 1. The number of hydrogen-bond acceptors (Lipinski definition) is 6. The Morgan fingerprint density at radius 2 is 1.48 bits per heavy atom. The molecule has 0 spiro atoms. The maximum Gasteiger partial charge on any atom is 0.344 e. The predicted molar refractivity (Wildman–Crippen MR) is 115 cm³/mol. The van der Waals surface area contributed by atoms with Crippen molar-refractivity contribution >= 4 is 17.6 Å². The fourth-order valence-electron chi connectivity index (χ4n) is 2.60. The Morgan fingerprint density at radius 1 is 0.774 bits per heavy atom. The fourth-order valence-corrected chi connectivity index (χ4v) is 2.60. The molecule has 0 aliphatic rings. The predicted octanol–water partition coefficient (Wildman–Crippen LogP) is 3.83. The Hall–Kier alpha value is -4.00. The summed E-state index contributed by atoms with van der Waals surface area (Å²) in [6.45, 7) is -0.256. The third kappa shape index (κ3) is 7.40. The summed E-state index contributed by atoms with van der Waals surface area (Å²) in [4.78, 5) is 23.7. The van der Waals surface area contributed by atoms with Crippen LogP contribution in [0.15, 0.2) is 78.9 Å². The summed E-state index contributed by atoms with van der Waals surface area (Å²) in [5.74, 6) is 0.684. The molecule has 1 amide bonds. The van der Waals surface area contributed by atoms with Crippen LogP contribution in [0.2, 0.25) is 0 Å². The molecule has 0 bridgehead atoms. The molecule has 0 aliphatic heterocycles. The molecular weight excluding hydrogens is 398 g/mol. The molecule has 0 aromatic heterocycles. The standard InChI is InChI=1S/C24H23NO6/c1-28-22-9-5-8-19(14-22)25-23(26)16-31-24(27)17-30-21-12-10-20(11-13-21)29-15-18-6-3-2-4-7-18/h2-14H,15-17H2,1H3,(H,25,26). The molecule has 0 atom stereocenters. The largest absolute Gasteiger partial charge is 0.497 e. The van der Waals surface area contributed by atoms with E-state index in [2.05, 4.69) is 5.32 Å². The van der Waals surface area contributed by atoms with Crippen molar-refractivity contribution in [1.29, 1.82) is 0 Å². The van der Waals surface area contributed by atoms with Gasteiger partial charge in [-0.3, -0.25) is 4.79 Å². The highest BCUT2D eigenvalue weighted by molar-refractivity contribution is 5.93. The second kappa shape index (κ2) is 11.3. The first-order valence-corrected chi connectivity index (χ1v) is 9.61. The first kappa shape index (κ1) is 21.7. The summed E-state index contributed by atoms with van der Waals surface area (Å²) in [7, 11) is 1.54. The van der Waals surface area contributed by atoms with Crippen molar-refractivity contribution in [3.8, 4) is 17.2 Å². The fraction of sp³-hybridized carbons (Fsp3) is 0.167. The van der Waals surface area contributed by atoms with Crippen molar-refractivity contribution in [2.45, 2.75) is 6.61 Å². The molecule has 0 heterocycles. The van der Waals surface area contributed by atoms with Crippen LogP contribution in [0.3, 0.4) is 0 Å². The van der Waals surface area contributed by atoms with Crippen LogP contribution < -0.4 is 19.5 Å². The minimum absolute atomic E-state index is 0.309. The van der Waals surface area contributed by atoms with Gasteiger partial charge in [-0.05, 0) is 42.0 Å². The van der Waals surface area contributed by atoms with Gasteiger partial charge in [0.15, 0.2) is 13.2 Å². The first-order valence-electron chi connectivity index (χ1n) is 9.61. The van der Waals surface area contributed by atoms with Crippen molar-refractivity contribution < 1.29 is 28.5 Å². The number of carbonyl (C=O) groups is 2. The lowest BCUT2D eigenvalue weighted by atomic mass is 10.2. The van der Waals surface area contributed by atoms with Gasteiger partial charge in [-0.1, -0.05) is 36.4 Å². The van der Waals surface area contributed by atoms with Crippen LogP contribution in [0.4, 0.5) is 5.69 Å². The van der Waals surface area contributed by atoms with Gasteiger partial charge < -0.3 is 24.3 Å². The van der Waals surface area contributed by atoms with E-state index < -0.39 is 18.5 Å². The van der Waals surface area contributed by atoms with Crippen molar-refractivity contribution in [1.82, 2.24) is 0 Å². The first-order chi connectivity index (χ1) is 15.1. The lowest BCUT2D eigenvalue weighted by Gasteiger charge is -2.10. The van der Waals surface area contributed by atoms with Gasteiger partial charge in [-0.2, -0.15) is 0 Å². The lowest BCUT2D eigenvalue weighted by Crippen LogP contribution is -2.23. The van der Waals surface area contributed by atoms with E-state index in [4.69, 9.17) is 18.9 Å². The van der Waals surface area contributed by atoms with Crippen LogP contribution in [-0.2, 0) is 20.9 Å². The zero-order chi connectivity index (χ0) is 21.9. The van der Waals surface area contributed by atoms with Gasteiger partial charge >= 0.3 is 5.97 Å². The van der Waals surface area contributed by atoms with Crippen LogP contribution >= 0.6 is 0 Å². The summed E-state index contributed by atoms with van der Waals surface area (Å²) in [6.07, 6.45) is 0. The van der Waals surface area contributed by atoms with Gasteiger partial charge in [0.1, 0.15) is 23.9 Å². The molecule has 3 aromatic rings. The van der Waals surface area contributed by atoms with Crippen molar-refractivity contribution in [2.75, 3.05) is 25.6 Å². The number of ether oxygens (including phenoxy) is 4. The minimum atomic E-state index is -0.648. The van der Waals surface area contributed by atoms with Crippen LogP contribution in [0.5, 0.6) is 17.2 Å². The van der Waals surface area contributed by atoms with Gasteiger partial charge in [-0.15, -0.1) is 0 Å². The number of nitrogens with one attached hydrogen (secondary N) is 1. The number of carbonyl (C=O) groups excluding carboxylic acids is 2. The smallest absolute Gasteiger partial charge is 0.344 e. The van der Waals surface area contributed by atoms with Crippen LogP contribution in [-0.4, -0.2) is 32.2 Å². The molecule has 7 nitrogen and oxygen atoms in total. The van der Waals surface area contributed by atoms with Gasteiger partial charge in [0.05, 0.1) is 7.11 Å². The molecule has 31 heavy (non-hydrogen) atoms. The molecule has 0 aliphatic carbocycles. The molecule has 3 aromatic carbocycles. The number of benzene rings is 3. The van der Waals surface area contributed by atoms with E-state index >= 15 is 0 Å². The summed E-state index contributed by atoms with van der Waals surface area (Å²) in [6, 6.07) is 23.6. The Labute approximate surface area is 180 Å². The zero-order valence-electron chi connectivity index (χ0n) is 17.1. The zero-order valence-corrected chi connectivity index (χ0v) is 17.1. The SMILES string of the molecule is COc1cccc(NC(=O)COC(=O)COc2ccc(OCc3ccccc3)cc2)c1. The Morgan fingerprint density at radius 3 is 2.19 bits per heavy atom. The third-order valence-corrected chi connectivity index (χ3v) is 4.15. The summed E-state index contributed by atoms with van der Waals surface area (Å²) >= 11 is 0. The van der Waals surface area contributed by atoms with Gasteiger partial charge in [-0.25, -0.2) is 4.79 Å². The lowest BCUT2D eigenvalue weighted by molar-refractivity contribution is -0.149. The maximum absolute atomic E-state index is 11.9. The molecule has 3 rings (SSSR count). The Balaban J connectivity index is 1.36. The van der Waals surface area contributed by atoms with E-state index in [0.717, 1.165) is 5.56 Å². The van der Waals surface area contributed by atoms with Crippen molar-refractivity contribution in [3.63, 3.8) is 0 Å². The molecule has 0 fully saturated rings. The highest BCUT2D eigenvalue weighted by Crippen LogP contribution is 2.19. The average Bonchev–Trinajstić information content (AvgIpc) is 2.81. The van der Waals surface area contributed by atoms with Crippen molar-refractivity contribution in [2.24, 2.45) is 0 Å². The third-order valence-electron chi connectivity index (χ3n) is 4.15. The van der Waals surface area contributed by atoms with E-state index in [1.54, 1.807) is 48.5 Å². The van der Waals surface area contributed by atoms with Gasteiger partial charge in [0.25, 0.3) is 5.91 Å². The van der Waals surface area contributed by atoms with Crippen molar-refractivity contribution in [3.05, 3.63) is 84.4 Å². The van der Waals surface area contributed by atoms with Crippen LogP contribution in [0, 0.1) is 0 Å². The van der Waals surface area contributed by atoms with E-state index in [9.17, 15) is 9.59 Å². The number of amides is 1. The summed E-state index contributed by atoms with van der Waals surface area (Å²) in [5, 5.41) is 2.62.